The summed E-state index contributed by atoms with van der Waals surface area (Å²) in [7, 11) is 0. The van der Waals surface area contributed by atoms with Gasteiger partial charge in [-0.2, -0.15) is 5.26 Å². The second-order valence-electron chi connectivity index (χ2n) is 5.02. The third-order valence-electron chi connectivity index (χ3n) is 3.58. The molecule has 0 saturated heterocycles. The maximum atomic E-state index is 14.2. The SMILES string of the molecule is N#Cc1c[nH]c2c(Cc3ccc(F)cc3)c(F)c(F)cc2c1=O. The van der Waals surface area contributed by atoms with Crippen molar-refractivity contribution in [3.8, 4) is 6.07 Å². The minimum atomic E-state index is -1.17. The molecule has 0 bridgehead atoms. The second kappa shape index (κ2) is 5.61. The van der Waals surface area contributed by atoms with Crippen molar-refractivity contribution in [2.75, 3.05) is 0 Å². The number of H-pyrrole nitrogens is 1. The van der Waals surface area contributed by atoms with Crippen LogP contribution in [-0.4, -0.2) is 4.98 Å². The summed E-state index contributed by atoms with van der Waals surface area (Å²) < 4.78 is 40.9. The summed E-state index contributed by atoms with van der Waals surface area (Å²) in [6.45, 7) is 0. The Balaban J connectivity index is 2.25. The average Bonchev–Trinajstić information content (AvgIpc) is 2.55. The fourth-order valence-electron chi connectivity index (χ4n) is 2.43. The smallest absolute Gasteiger partial charge is 0.207 e. The lowest BCUT2D eigenvalue weighted by atomic mass is 10.00. The second-order valence-corrected chi connectivity index (χ2v) is 5.02. The van der Waals surface area contributed by atoms with Crippen molar-refractivity contribution in [2.24, 2.45) is 0 Å². The van der Waals surface area contributed by atoms with E-state index in [1.165, 1.54) is 24.3 Å². The summed E-state index contributed by atoms with van der Waals surface area (Å²) in [5.74, 6) is -2.69. The van der Waals surface area contributed by atoms with Crippen molar-refractivity contribution in [1.82, 2.24) is 4.98 Å². The van der Waals surface area contributed by atoms with Crippen molar-refractivity contribution >= 4 is 10.9 Å². The van der Waals surface area contributed by atoms with Crippen molar-refractivity contribution in [3.05, 3.63) is 80.9 Å². The Kier molecular flexibility index (Phi) is 3.62. The molecule has 0 aliphatic heterocycles. The van der Waals surface area contributed by atoms with Gasteiger partial charge in [0.2, 0.25) is 5.43 Å². The van der Waals surface area contributed by atoms with Crippen LogP contribution in [0.25, 0.3) is 10.9 Å². The normalized spacial score (nSPS) is 10.7. The topological polar surface area (TPSA) is 56.6 Å². The van der Waals surface area contributed by atoms with Crippen molar-refractivity contribution in [3.63, 3.8) is 0 Å². The third-order valence-corrected chi connectivity index (χ3v) is 3.58. The Morgan fingerprint density at radius 1 is 1.13 bits per heavy atom. The molecule has 1 aromatic heterocycles. The van der Waals surface area contributed by atoms with Crippen LogP contribution >= 0.6 is 0 Å². The third kappa shape index (κ3) is 2.57. The fraction of sp³-hybridized carbons (Fsp3) is 0.0588. The lowest BCUT2D eigenvalue weighted by molar-refractivity contribution is 0.503. The molecule has 0 fully saturated rings. The van der Waals surface area contributed by atoms with Gasteiger partial charge in [-0.1, -0.05) is 12.1 Å². The van der Waals surface area contributed by atoms with Gasteiger partial charge in [-0.15, -0.1) is 0 Å². The first-order valence-electron chi connectivity index (χ1n) is 6.68. The number of aromatic amines is 1. The van der Waals surface area contributed by atoms with Crippen molar-refractivity contribution in [2.45, 2.75) is 6.42 Å². The summed E-state index contributed by atoms with van der Waals surface area (Å²) in [5, 5.41) is 8.76. The molecule has 2 aromatic carbocycles. The number of nitrogens with one attached hydrogen (secondary N) is 1. The predicted octanol–water partition coefficient (Wildman–Crippen LogP) is 3.41. The van der Waals surface area contributed by atoms with Gasteiger partial charge in [0.25, 0.3) is 0 Å². The predicted molar refractivity (Wildman–Crippen MR) is 78.4 cm³/mol. The molecule has 0 radical (unpaired) electrons. The Morgan fingerprint density at radius 2 is 1.83 bits per heavy atom. The highest BCUT2D eigenvalue weighted by atomic mass is 19.2. The standard InChI is InChI=1S/C17H9F3N2O/c18-11-3-1-9(2-4-11)5-12-15(20)14(19)6-13-16(12)22-8-10(7-21)17(13)23/h1-4,6,8H,5H2,(H,22,23). The van der Waals surface area contributed by atoms with Gasteiger partial charge >= 0.3 is 0 Å². The summed E-state index contributed by atoms with van der Waals surface area (Å²) in [4.78, 5) is 14.8. The van der Waals surface area contributed by atoms with Crippen LogP contribution in [0.4, 0.5) is 13.2 Å². The van der Waals surface area contributed by atoms with Gasteiger partial charge < -0.3 is 4.98 Å². The molecule has 1 heterocycles. The van der Waals surface area contributed by atoms with Crippen molar-refractivity contribution < 1.29 is 13.2 Å². The Bertz CT molecular complexity index is 1000. The first-order chi connectivity index (χ1) is 11.0. The zero-order chi connectivity index (χ0) is 16.6. The van der Waals surface area contributed by atoms with E-state index in [1.807, 2.05) is 0 Å². The minimum absolute atomic E-state index is 0.0256. The Labute approximate surface area is 128 Å². The van der Waals surface area contributed by atoms with E-state index in [0.29, 0.717) is 5.56 Å². The Morgan fingerprint density at radius 3 is 2.48 bits per heavy atom. The number of rotatable bonds is 2. The van der Waals surface area contributed by atoms with E-state index in [9.17, 15) is 18.0 Å². The molecule has 1 N–H and O–H groups in total. The van der Waals surface area contributed by atoms with Gasteiger partial charge in [0.05, 0.1) is 10.9 Å². The van der Waals surface area contributed by atoms with Crippen LogP contribution in [-0.2, 0) is 6.42 Å². The van der Waals surface area contributed by atoms with Gasteiger partial charge in [0.15, 0.2) is 11.6 Å². The molecule has 3 rings (SSSR count). The summed E-state index contributed by atoms with van der Waals surface area (Å²) in [5.41, 5.74) is -0.218. The number of hydrogen-bond donors (Lipinski definition) is 1. The monoisotopic (exact) mass is 314 g/mol. The highest BCUT2D eigenvalue weighted by Gasteiger charge is 2.17. The van der Waals surface area contributed by atoms with Gasteiger partial charge in [-0.25, -0.2) is 13.2 Å². The van der Waals surface area contributed by atoms with E-state index in [1.54, 1.807) is 6.07 Å². The molecule has 0 atom stereocenters. The highest BCUT2D eigenvalue weighted by Crippen LogP contribution is 2.24. The quantitative estimate of drug-likeness (QED) is 0.788. The van der Waals surface area contributed by atoms with E-state index in [0.717, 1.165) is 12.3 Å². The van der Waals surface area contributed by atoms with Crippen LogP contribution in [0.1, 0.15) is 16.7 Å². The highest BCUT2D eigenvalue weighted by molar-refractivity contribution is 5.83. The first-order valence-corrected chi connectivity index (χ1v) is 6.68. The molecule has 6 heteroatoms. The van der Waals surface area contributed by atoms with Crippen LogP contribution in [0.2, 0.25) is 0 Å². The number of nitriles is 1. The van der Waals surface area contributed by atoms with Crippen LogP contribution in [0, 0.1) is 28.8 Å². The van der Waals surface area contributed by atoms with Gasteiger partial charge in [0.1, 0.15) is 17.4 Å². The maximum Gasteiger partial charge on any atom is 0.207 e. The number of benzene rings is 2. The van der Waals surface area contributed by atoms with E-state index in [4.69, 9.17) is 5.26 Å². The number of aromatic nitrogens is 1. The molecule has 0 aliphatic carbocycles. The number of hydrogen-bond acceptors (Lipinski definition) is 2. The van der Waals surface area contributed by atoms with Gasteiger partial charge in [-0.05, 0) is 23.8 Å². The fourth-order valence-corrected chi connectivity index (χ4v) is 2.43. The van der Waals surface area contributed by atoms with E-state index in [-0.39, 0.29) is 28.5 Å². The number of halogens is 3. The van der Waals surface area contributed by atoms with Gasteiger partial charge in [0, 0.05) is 18.2 Å². The van der Waals surface area contributed by atoms with Gasteiger partial charge in [-0.3, -0.25) is 4.79 Å². The van der Waals surface area contributed by atoms with Crippen molar-refractivity contribution in [1.29, 1.82) is 5.26 Å². The molecule has 0 unspecified atom stereocenters. The lowest BCUT2D eigenvalue weighted by Gasteiger charge is -2.09. The van der Waals surface area contributed by atoms with Crippen LogP contribution in [0.3, 0.4) is 0 Å². The zero-order valence-electron chi connectivity index (χ0n) is 11.7. The van der Waals surface area contributed by atoms with E-state index < -0.39 is 22.9 Å². The lowest BCUT2D eigenvalue weighted by Crippen LogP contribution is -2.11. The van der Waals surface area contributed by atoms with E-state index >= 15 is 0 Å². The zero-order valence-corrected chi connectivity index (χ0v) is 11.7. The molecule has 0 spiro atoms. The average molecular weight is 314 g/mol. The summed E-state index contributed by atoms with van der Waals surface area (Å²) in [6, 6.07) is 7.80. The molecular formula is C17H9F3N2O. The summed E-state index contributed by atoms with van der Waals surface area (Å²) in [6.07, 6.45) is 1.14. The number of fused-ring (bicyclic) bond motifs is 1. The van der Waals surface area contributed by atoms with Crippen LogP contribution in [0.15, 0.2) is 41.3 Å². The number of nitrogens with zero attached hydrogens (tertiary/aromatic N) is 1. The van der Waals surface area contributed by atoms with Crippen LogP contribution in [0.5, 0.6) is 0 Å². The minimum Gasteiger partial charge on any atom is -0.359 e. The molecule has 0 saturated carbocycles. The van der Waals surface area contributed by atoms with Crippen LogP contribution < -0.4 is 5.43 Å². The number of pyridine rings is 1. The molecule has 0 aliphatic rings. The largest absolute Gasteiger partial charge is 0.359 e. The molecule has 23 heavy (non-hydrogen) atoms. The Hall–Kier alpha value is -3.07. The molecule has 3 aromatic rings. The van der Waals surface area contributed by atoms with E-state index in [2.05, 4.69) is 4.98 Å². The first kappa shape index (κ1) is 14.9. The molecule has 0 amide bonds. The molecule has 114 valence electrons. The maximum absolute atomic E-state index is 14.2. The summed E-state index contributed by atoms with van der Waals surface area (Å²) >= 11 is 0. The molecular weight excluding hydrogens is 305 g/mol. The molecule has 3 nitrogen and oxygen atoms in total.